The van der Waals surface area contributed by atoms with Crippen molar-refractivity contribution in [2.24, 2.45) is 0 Å². The molecule has 6 nitrogen and oxygen atoms in total. The molecule has 144 valence electrons. The van der Waals surface area contributed by atoms with Gasteiger partial charge in [0.1, 0.15) is 5.75 Å². The Labute approximate surface area is 163 Å². The summed E-state index contributed by atoms with van der Waals surface area (Å²) in [6.45, 7) is 1.77. The van der Waals surface area contributed by atoms with Gasteiger partial charge < -0.3 is 15.0 Å². The summed E-state index contributed by atoms with van der Waals surface area (Å²) in [4.78, 5) is 32.2. The maximum atomic E-state index is 12.8. The number of amides is 1. The van der Waals surface area contributed by atoms with Crippen LogP contribution >= 0.6 is 11.8 Å². The monoisotopic (exact) mass is 387 g/mol. The van der Waals surface area contributed by atoms with E-state index in [4.69, 9.17) is 4.74 Å². The third-order valence-corrected chi connectivity index (χ3v) is 5.79. The Morgan fingerprint density at radius 2 is 1.96 bits per heavy atom. The predicted octanol–water partition coefficient (Wildman–Crippen LogP) is 2.94. The maximum Gasteiger partial charge on any atom is 0.255 e. The normalized spacial score (nSPS) is 15.5. The van der Waals surface area contributed by atoms with Crippen LogP contribution in [0.2, 0.25) is 0 Å². The molecule has 27 heavy (non-hydrogen) atoms. The SMILES string of the molecule is COc1ccc(C2(NC(=O)Cc3c(C)nc(SC)[nH]c3=O)CCCC2)cc1. The summed E-state index contributed by atoms with van der Waals surface area (Å²) < 4.78 is 5.24. The summed E-state index contributed by atoms with van der Waals surface area (Å²) in [7, 11) is 1.64. The van der Waals surface area contributed by atoms with Crippen LogP contribution in [-0.2, 0) is 16.8 Å². The lowest BCUT2D eigenvalue weighted by Crippen LogP contribution is -2.45. The van der Waals surface area contributed by atoms with Crippen molar-refractivity contribution in [2.45, 2.75) is 49.7 Å². The molecule has 0 aliphatic heterocycles. The van der Waals surface area contributed by atoms with Crippen LogP contribution in [0.3, 0.4) is 0 Å². The molecule has 0 radical (unpaired) electrons. The van der Waals surface area contributed by atoms with Gasteiger partial charge in [0.15, 0.2) is 5.16 Å². The molecule has 7 heteroatoms. The Morgan fingerprint density at radius 1 is 1.30 bits per heavy atom. The first-order valence-corrected chi connectivity index (χ1v) is 10.3. The molecule has 1 aliphatic carbocycles. The molecule has 0 saturated heterocycles. The highest BCUT2D eigenvalue weighted by Crippen LogP contribution is 2.39. The van der Waals surface area contributed by atoms with E-state index in [0.29, 0.717) is 16.4 Å². The molecule has 3 rings (SSSR count). The van der Waals surface area contributed by atoms with Gasteiger partial charge >= 0.3 is 0 Å². The van der Waals surface area contributed by atoms with E-state index in [1.165, 1.54) is 11.8 Å². The second-order valence-electron chi connectivity index (χ2n) is 6.88. The first kappa shape index (κ1) is 19.5. The maximum absolute atomic E-state index is 12.8. The number of carbonyl (C=O) groups is 1. The van der Waals surface area contributed by atoms with Crippen LogP contribution in [0.25, 0.3) is 0 Å². The van der Waals surface area contributed by atoms with E-state index >= 15 is 0 Å². The van der Waals surface area contributed by atoms with Crippen LogP contribution in [-0.4, -0.2) is 29.2 Å². The molecule has 1 saturated carbocycles. The molecule has 1 aromatic carbocycles. The third-order valence-electron chi connectivity index (χ3n) is 5.21. The number of benzene rings is 1. The molecule has 0 spiro atoms. The molecule has 1 aliphatic rings. The number of nitrogens with one attached hydrogen (secondary N) is 2. The van der Waals surface area contributed by atoms with E-state index in [1.807, 2.05) is 30.5 Å². The third kappa shape index (κ3) is 4.18. The Kier molecular flexibility index (Phi) is 5.89. The lowest BCUT2D eigenvalue weighted by molar-refractivity contribution is -0.122. The number of hydrogen-bond donors (Lipinski definition) is 2. The number of carbonyl (C=O) groups excluding carboxylic acids is 1. The van der Waals surface area contributed by atoms with Crippen molar-refractivity contribution in [1.82, 2.24) is 15.3 Å². The van der Waals surface area contributed by atoms with Crippen molar-refractivity contribution in [3.63, 3.8) is 0 Å². The molecule has 1 aromatic heterocycles. The van der Waals surface area contributed by atoms with Gasteiger partial charge in [-0.05, 0) is 43.7 Å². The van der Waals surface area contributed by atoms with Gasteiger partial charge in [0.05, 0.1) is 19.1 Å². The van der Waals surface area contributed by atoms with Crippen LogP contribution in [0.15, 0.2) is 34.2 Å². The summed E-state index contributed by atoms with van der Waals surface area (Å²) in [5, 5.41) is 3.77. The van der Waals surface area contributed by atoms with Crippen LogP contribution in [0, 0.1) is 6.92 Å². The quantitative estimate of drug-likeness (QED) is 0.588. The fraction of sp³-hybridized carbons (Fsp3) is 0.450. The first-order chi connectivity index (χ1) is 13.0. The standard InChI is InChI=1S/C20H25N3O3S/c1-13-16(18(25)22-19(21-13)27-3)12-17(24)23-20(10-4-5-11-20)14-6-8-15(26-2)9-7-14/h6-9H,4-5,10-12H2,1-3H3,(H,23,24)(H,21,22,25). The molecule has 1 heterocycles. The number of aromatic nitrogens is 2. The minimum atomic E-state index is -0.378. The van der Waals surface area contributed by atoms with E-state index < -0.39 is 0 Å². The first-order valence-electron chi connectivity index (χ1n) is 9.07. The van der Waals surface area contributed by atoms with Gasteiger partial charge in [0.2, 0.25) is 5.91 Å². The van der Waals surface area contributed by atoms with Gasteiger partial charge in [-0.1, -0.05) is 36.7 Å². The zero-order valence-corrected chi connectivity index (χ0v) is 16.7. The fourth-order valence-corrected chi connectivity index (χ4v) is 4.16. The van der Waals surface area contributed by atoms with Crippen molar-refractivity contribution in [3.8, 4) is 5.75 Å². The molecule has 0 bridgehead atoms. The predicted molar refractivity (Wildman–Crippen MR) is 106 cm³/mol. The Hall–Kier alpha value is -2.28. The van der Waals surface area contributed by atoms with Crippen molar-refractivity contribution in [1.29, 1.82) is 0 Å². The second-order valence-corrected chi connectivity index (χ2v) is 7.68. The summed E-state index contributed by atoms with van der Waals surface area (Å²) >= 11 is 1.37. The largest absolute Gasteiger partial charge is 0.497 e. The van der Waals surface area contributed by atoms with Gasteiger partial charge in [0, 0.05) is 11.3 Å². The number of aromatic amines is 1. The number of methoxy groups -OCH3 is 1. The molecular weight excluding hydrogens is 362 g/mol. The fourth-order valence-electron chi connectivity index (χ4n) is 3.74. The molecular formula is C20H25N3O3S. The molecule has 0 unspecified atom stereocenters. The topological polar surface area (TPSA) is 84.1 Å². The number of thioether (sulfide) groups is 1. The van der Waals surface area contributed by atoms with Crippen molar-refractivity contribution >= 4 is 17.7 Å². The lowest BCUT2D eigenvalue weighted by atomic mass is 9.87. The molecule has 0 atom stereocenters. The highest BCUT2D eigenvalue weighted by molar-refractivity contribution is 7.98. The van der Waals surface area contributed by atoms with Gasteiger partial charge in [-0.2, -0.15) is 0 Å². The second kappa shape index (κ2) is 8.17. The highest BCUT2D eigenvalue weighted by atomic mass is 32.2. The van der Waals surface area contributed by atoms with Gasteiger partial charge in [0.25, 0.3) is 5.56 Å². The van der Waals surface area contributed by atoms with Gasteiger partial charge in [-0.3, -0.25) is 9.59 Å². The Morgan fingerprint density at radius 3 is 2.52 bits per heavy atom. The average Bonchev–Trinajstić information content (AvgIpc) is 3.14. The molecule has 2 N–H and O–H groups in total. The van der Waals surface area contributed by atoms with E-state index in [-0.39, 0.29) is 23.4 Å². The number of rotatable bonds is 6. The van der Waals surface area contributed by atoms with Crippen molar-refractivity contribution in [3.05, 3.63) is 51.4 Å². The number of ether oxygens (including phenoxy) is 1. The zero-order valence-electron chi connectivity index (χ0n) is 15.9. The summed E-state index contributed by atoms with van der Waals surface area (Å²) in [5.41, 5.74) is 1.48. The van der Waals surface area contributed by atoms with E-state index in [0.717, 1.165) is 37.0 Å². The molecule has 1 amide bonds. The van der Waals surface area contributed by atoms with Crippen LogP contribution < -0.4 is 15.6 Å². The van der Waals surface area contributed by atoms with Crippen LogP contribution in [0.1, 0.15) is 42.5 Å². The van der Waals surface area contributed by atoms with Crippen molar-refractivity contribution in [2.75, 3.05) is 13.4 Å². The lowest BCUT2D eigenvalue weighted by Gasteiger charge is -2.31. The van der Waals surface area contributed by atoms with E-state index in [9.17, 15) is 9.59 Å². The summed E-state index contributed by atoms with van der Waals surface area (Å²) in [6, 6.07) is 7.86. The van der Waals surface area contributed by atoms with E-state index in [1.54, 1.807) is 14.0 Å². The number of H-pyrrole nitrogens is 1. The minimum absolute atomic E-state index is 0.0285. The summed E-state index contributed by atoms with van der Waals surface area (Å²) in [5.74, 6) is 0.639. The Bertz CT molecular complexity index is 871. The van der Waals surface area contributed by atoms with Gasteiger partial charge in [-0.15, -0.1) is 0 Å². The van der Waals surface area contributed by atoms with Crippen LogP contribution in [0.5, 0.6) is 5.75 Å². The summed E-state index contributed by atoms with van der Waals surface area (Å²) in [6.07, 6.45) is 5.80. The van der Waals surface area contributed by atoms with E-state index in [2.05, 4.69) is 15.3 Å². The number of aryl methyl sites for hydroxylation is 1. The number of nitrogens with zero attached hydrogens (tertiary/aromatic N) is 1. The highest BCUT2D eigenvalue weighted by Gasteiger charge is 2.37. The minimum Gasteiger partial charge on any atom is -0.497 e. The van der Waals surface area contributed by atoms with Crippen molar-refractivity contribution < 1.29 is 9.53 Å². The molecule has 1 fully saturated rings. The van der Waals surface area contributed by atoms with Gasteiger partial charge in [-0.25, -0.2) is 4.98 Å². The smallest absolute Gasteiger partial charge is 0.255 e. The van der Waals surface area contributed by atoms with Crippen LogP contribution in [0.4, 0.5) is 0 Å². The molecule has 2 aromatic rings. The average molecular weight is 388 g/mol. The Balaban J connectivity index is 1.81. The zero-order chi connectivity index (χ0) is 19.4. The number of hydrogen-bond acceptors (Lipinski definition) is 5.